The summed E-state index contributed by atoms with van der Waals surface area (Å²) in [5.74, 6) is -0.173. The zero-order valence-electron chi connectivity index (χ0n) is 10.9. The van der Waals surface area contributed by atoms with E-state index in [9.17, 15) is 9.90 Å². The van der Waals surface area contributed by atoms with E-state index in [2.05, 4.69) is 5.32 Å². The third-order valence-corrected chi connectivity index (χ3v) is 3.39. The monoisotopic (exact) mass is 260 g/mol. The van der Waals surface area contributed by atoms with Crippen molar-refractivity contribution in [3.05, 3.63) is 35.9 Å². The van der Waals surface area contributed by atoms with Gasteiger partial charge in [0.2, 0.25) is 5.91 Å². The molecule has 0 heterocycles. The number of anilines is 1. The molecule has 0 bridgehead atoms. The predicted molar refractivity (Wildman–Crippen MR) is 76.3 cm³/mol. The summed E-state index contributed by atoms with van der Waals surface area (Å²) in [4.78, 5) is 11.8. The first-order chi connectivity index (χ1) is 9.15. The van der Waals surface area contributed by atoms with E-state index in [1.165, 1.54) is 6.08 Å². The molecule has 4 N–H and O–H groups in total. The lowest BCUT2D eigenvalue weighted by molar-refractivity contribution is -0.118. The highest BCUT2D eigenvalue weighted by Gasteiger charge is 2.23. The smallest absolute Gasteiger partial charge is 0.244 e. The molecule has 2 unspecified atom stereocenters. The minimum Gasteiger partial charge on any atom is -0.399 e. The summed E-state index contributed by atoms with van der Waals surface area (Å²) in [6.07, 6.45) is 6.49. The van der Waals surface area contributed by atoms with Crippen LogP contribution in [0.5, 0.6) is 0 Å². The Kier molecular flexibility index (Phi) is 4.58. The van der Waals surface area contributed by atoms with Crippen LogP contribution < -0.4 is 11.1 Å². The number of carbonyl (C=O) groups excluding carboxylic acids is 1. The fourth-order valence-corrected chi connectivity index (χ4v) is 2.35. The molecule has 0 aromatic heterocycles. The fourth-order valence-electron chi connectivity index (χ4n) is 2.35. The van der Waals surface area contributed by atoms with E-state index in [-0.39, 0.29) is 11.9 Å². The summed E-state index contributed by atoms with van der Waals surface area (Å²) in [5.41, 5.74) is 7.22. The van der Waals surface area contributed by atoms with Crippen LogP contribution in [-0.4, -0.2) is 23.2 Å². The van der Waals surface area contributed by atoms with E-state index in [0.29, 0.717) is 5.69 Å². The molecule has 0 radical (unpaired) electrons. The third kappa shape index (κ3) is 4.10. The molecule has 1 aromatic rings. The zero-order valence-corrected chi connectivity index (χ0v) is 10.9. The standard InChI is InChI=1S/C15H20N2O2/c16-12-5-3-4-11(10-12)8-9-15(19)17-13-6-1-2-7-14(13)18/h3-5,8-10,13-14,18H,1-2,6-7,16H2,(H,17,19)/b9-8+. The van der Waals surface area contributed by atoms with Crippen molar-refractivity contribution >= 4 is 17.7 Å². The van der Waals surface area contributed by atoms with E-state index < -0.39 is 6.10 Å². The van der Waals surface area contributed by atoms with Crippen molar-refractivity contribution in [3.63, 3.8) is 0 Å². The third-order valence-electron chi connectivity index (χ3n) is 3.39. The van der Waals surface area contributed by atoms with Crippen molar-refractivity contribution in [1.29, 1.82) is 0 Å². The van der Waals surface area contributed by atoms with Crippen LogP contribution in [-0.2, 0) is 4.79 Å². The summed E-state index contributed by atoms with van der Waals surface area (Å²) in [6, 6.07) is 7.22. The Hall–Kier alpha value is -1.81. The molecule has 19 heavy (non-hydrogen) atoms. The second kappa shape index (κ2) is 6.38. The number of hydrogen-bond donors (Lipinski definition) is 3. The lowest BCUT2D eigenvalue weighted by Crippen LogP contribution is -2.44. The Morgan fingerprint density at radius 3 is 2.89 bits per heavy atom. The van der Waals surface area contributed by atoms with Crippen molar-refractivity contribution < 1.29 is 9.90 Å². The van der Waals surface area contributed by atoms with Crippen molar-refractivity contribution in [2.45, 2.75) is 37.8 Å². The van der Waals surface area contributed by atoms with Crippen molar-refractivity contribution in [1.82, 2.24) is 5.32 Å². The molecule has 102 valence electrons. The average molecular weight is 260 g/mol. The molecule has 2 rings (SSSR count). The van der Waals surface area contributed by atoms with Gasteiger partial charge in [0.1, 0.15) is 0 Å². The summed E-state index contributed by atoms with van der Waals surface area (Å²) in [6.45, 7) is 0. The van der Waals surface area contributed by atoms with Gasteiger partial charge in [-0.2, -0.15) is 0 Å². The molecule has 4 heteroatoms. The van der Waals surface area contributed by atoms with Gasteiger partial charge >= 0.3 is 0 Å². The van der Waals surface area contributed by atoms with Gasteiger partial charge in [-0.1, -0.05) is 25.0 Å². The zero-order chi connectivity index (χ0) is 13.7. The predicted octanol–water partition coefficient (Wildman–Crippen LogP) is 1.70. The first kappa shape index (κ1) is 13.6. The first-order valence-electron chi connectivity index (χ1n) is 6.67. The molecule has 1 aliphatic rings. The minimum atomic E-state index is -0.418. The molecule has 2 atom stereocenters. The maximum atomic E-state index is 11.8. The van der Waals surface area contributed by atoms with Crippen LogP contribution in [0, 0.1) is 0 Å². The van der Waals surface area contributed by atoms with Gasteiger partial charge in [-0.05, 0) is 36.6 Å². The topological polar surface area (TPSA) is 75.4 Å². The van der Waals surface area contributed by atoms with Crippen molar-refractivity contribution in [2.24, 2.45) is 0 Å². The minimum absolute atomic E-state index is 0.119. The number of carbonyl (C=O) groups is 1. The maximum absolute atomic E-state index is 11.8. The van der Waals surface area contributed by atoms with Gasteiger partial charge in [-0.15, -0.1) is 0 Å². The maximum Gasteiger partial charge on any atom is 0.244 e. The summed E-state index contributed by atoms with van der Waals surface area (Å²) < 4.78 is 0. The number of nitrogens with one attached hydrogen (secondary N) is 1. The molecule has 0 saturated heterocycles. The Morgan fingerprint density at radius 2 is 2.16 bits per heavy atom. The molecule has 1 aliphatic carbocycles. The molecule has 1 saturated carbocycles. The molecule has 4 nitrogen and oxygen atoms in total. The average Bonchev–Trinajstić information content (AvgIpc) is 2.39. The van der Waals surface area contributed by atoms with Gasteiger partial charge in [0.25, 0.3) is 0 Å². The van der Waals surface area contributed by atoms with Gasteiger partial charge in [-0.25, -0.2) is 0 Å². The van der Waals surface area contributed by atoms with E-state index in [1.54, 1.807) is 18.2 Å². The Labute approximate surface area is 113 Å². The molecule has 0 spiro atoms. The Balaban J connectivity index is 1.90. The fraction of sp³-hybridized carbons (Fsp3) is 0.400. The number of rotatable bonds is 3. The van der Waals surface area contributed by atoms with Crippen LogP contribution >= 0.6 is 0 Å². The van der Waals surface area contributed by atoms with Gasteiger partial charge in [-0.3, -0.25) is 4.79 Å². The van der Waals surface area contributed by atoms with E-state index in [1.807, 2.05) is 12.1 Å². The number of hydrogen-bond acceptors (Lipinski definition) is 3. The number of benzene rings is 1. The van der Waals surface area contributed by atoms with Crippen molar-refractivity contribution in [3.8, 4) is 0 Å². The largest absolute Gasteiger partial charge is 0.399 e. The Bertz CT molecular complexity index is 471. The molecule has 1 fully saturated rings. The molecular formula is C15H20N2O2. The summed E-state index contributed by atoms with van der Waals surface area (Å²) in [5, 5.41) is 12.6. The molecule has 1 amide bonds. The van der Waals surface area contributed by atoms with Gasteiger partial charge in [0.15, 0.2) is 0 Å². The van der Waals surface area contributed by atoms with E-state index >= 15 is 0 Å². The number of aliphatic hydroxyl groups is 1. The first-order valence-corrected chi connectivity index (χ1v) is 6.67. The van der Waals surface area contributed by atoms with E-state index in [0.717, 1.165) is 31.2 Å². The highest BCUT2D eigenvalue weighted by molar-refractivity contribution is 5.92. The van der Waals surface area contributed by atoms with Crippen LogP contribution in [0.4, 0.5) is 5.69 Å². The highest BCUT2D eigenvalue weighted by Crippen LogP contribution is 2.18. The lowest BCUT2D eigenvalue weighted by Gasteiger charge is -2.27. The van der Waals surface area contributed by atoms with Crippen molar-refractivity contribution in [2.75, 3.05) is 5.73 Å². The van der Waals surface area contributed by atoms with Crippen LogP contribution in [0.15, 0.2) is 30.3 Å². The van der Waals surface area contributed by atoms with Crippen LogP contribution in [0.3, 0.4) is 0 Å². The van der Waals surface area contributed by atoms with Gasteiger partial charge in [0, 0.05) is 11.8 Å². The summed E-state index contributed by atoms with van der Waals surface area (Å²) >= 11 is 0. The molecule has 0 aliphatic heterocycles. The second-order valence-corrected chi connectivity index (χ2v) is 4.97. The van der Waals surface area contributed by atoms with Crippen LogP contribution in [0.25, 0.3) is 6.08 Å². The molecule has 1 aromatic carbocycles. The second-order valence-electron chi connectivity index (χ2n) is 4.97. The number of amides is 1. The number of nitrogens with two attached hydrogens (primary N) is 1. The Morgan fingerprint density at radius 1 is 1.37 bits per heavy atom. The van der Waals surface area contributed by atoms with Gasteiger partial charge < -0.3 is 16.2 Å². The van der Waals surface area contributed by atoms with Gasteiger partial charge in [0.05, 0.1) is 12.1 Å². The summed E-state index contributed by atoms with van der Waals surface area (Å²) in [7, 11) is 0. The number of aliphatic hydroxyl groups excluding tert-OH is 1. The normalized spacial score (nSPS) is 23.4. The quantitative estimate of drug-likeness (QED) is 0.572. The van der Waals surface area contributed by atoms with E-state index in [4.69, 9.17) is 5.73 Å². The number of nitrogen functional groups attached to an aromatic ring is 1. The highest BCUT2D eigenvalue weighted by atomic mass is 16.3. The molecular weight excluding hydrogens is 240 g/mol. The van der Waals surface area contributed by atoms with Crippen LogP contribution in [0.2, 0.25) is 0 Å². The van der Waals surface area contributed by atoms with Crippen LogP contribution in [0.1, 0.15) is 31.2 Å². The SMILES string of the molecule is Nc1cccc(/C=C/C(=O)NC2CCCCC2O)c1. The lowest BCUT2D eigenvalue weighted by atomic mass is 9.92.